The Morgan fingerprint density at radius 2 is 1.82 bits per heavy atom. The second kappa shape index (κ2) is 13.8. The molecule has 3 N–H and O–H groups in total. The van der Waals surface area contributed by atoms with Gasteiger partial charge in [-0.1, -0.05) is 12.8 Å². The van der Waals surface area contributed by atoms with Crippen LogP contribution < -0.4 is 69.2 Å². The van der Waals surface area contributed by atoms with E-state index >= 15 is 0 Å². The van der Waals surface area contributed by atoms with Gasteiger partial charge in [-0.05, 0) is 25.9 Å². The van der Waals surface area contributed by atoms with Crippen molar-refractivity contribution in [1.82, 2.24) is 5.32 Å². The number of unbranched alkanes of at least 4 members (excludes halogenated alkanes) is 3. The van der Waals surface area contributed by atoms with E-state index in [1.807, 2.05) is 0 Å². The van der Waals surface area contributed by atoms with E-state index in [0.717, 1.165) is 38.8 Å². The van der Waals surface area contributed by atoms with Gasteiger partial charge >= 0.3 is 58.2 Å². The summed E-state index contributed by atoms with van der Waals surface area (Å²) in [6, 6.07) is 0. The zero-order chi connectivity index (χ0) is 7.66. The molecular weight excluding hydrogens is 214 g/mol. The van der Waals surface area contributed by atoms with Crippen LogP contribution in [-0.4, -0.2) is 19.5 Å². The van der Waals surface area contributed by atoms with Gasteiger partial charge in [-0.2, -0.15) is 6.41 Å². The Hall–Kier alpha value is 1.24. The maximum atomic E-state index is 9.64. The van der Waals surface area contributed by atoms with Gasteiger partial charge in [-0.3, -0.25) is 0 Å². The Kier molecular flexibility index (Phi) is 18.5. The summed E-state index contributed by atoms with van der Waals surface area (Å²) in [5.74, 6) is 0. The molecular formula is C7H15N2ORb. The summed E-state index contributed by atoms with van der Waals surface area (Å²) in [5, 5.41) is 2.49. The second-order valence-corrected chi connectivity index (χ2v) is 2.23. The van der Waals surface area contributed by atoms with Crippen LogP contribution in [0.15, 0.2) is 0 Å². The molecule has 0 atom stereocenters. The molecule has 60 valence electrons. The average Bonchev–Trinajstić information content (AvgIpc) is 1.97. The Morgan fingerprint density at radius 1 is 1.18 bits per heavy atom. The summed E-state index contributed by atoms with van der Waals surface area (Å²) in [4.78, 5) is 9.64. The number of hydrogen-bond donors (Lipinski definition) is 2. The molecule has 0 rings (SSSR count). The average molecular weight is 229 g/mol. The molecule has 0 bridgehead atoms. The Balaban J connectivity index is 0. The molecule has 0 unspecified atom stereocenters. The van der Waals surface area contributed by atoms with Gasteiger partial charge in [0, 0.05) is 0 Å². The molecule has 0 saturated carbocycles. The smallest absolute Gasteiger partial charge is 0.530 e. The van der Waals surface area contributed by atoms with Gasteiger partial charge in [0.15, 0.2) is 0 Å². The monoisotopic (exact) mass is 228 g/mol. The molecule has 0 aromatic rings. The molecule has 4 heteroatoms. The van der Waals surface area contributed by atoms with E-state index in [9.17, 15) is 4.79 Å². The van der Waals surface area contributed by atoms with E-state index in [1.54, 1.807) is 6.41 Å². The van der Waals surface area contributed by atoms with E-state index in [1.165, 1.54) is 0 Å². The summed E-state index contributed by atoms with van der Waals surface area (Å²) in [6.45, 7) is 1.52. The standard InChI is InChI=1S/C7H15N2O.Rb/c8-5-3-1-2-4-6-9-7-10;/h1-6,8H2,(H,9,10);/q-1;+1. The van der Waals surface area contributed by atoms with Gasteiger partial charge in [0.2, 0.25) is 0 Å². The number of rotatable bonds is 7. The van der Waals surface area contributed by atoms with E-state index in [0.29, 0.717) is 0 Å². The molecule has 0 aromatic carbocycles. The van der Waals surface area contributed by atoms with Gasteiger partial charge in [0.25, 0.3) is 0 Å². The number of carbonyl (C=O) groups excluding carboxylic acids is 1. The SMILES string of the molecule is NCCCCCCN[C-]=O.[Rb+]. The quantitative estimate of drug-likeness (QED) is 0.280. The van der Waals surface area contributed by atoms with Crippen LogP contribution >= 0.6 is 0 Å². The van der Waals surface area contributed by atoms with Crippen LogP contribution in [0.3, 0.4) is 0 Å². The van der Waals surface area contributed by atoms with Gasteiger partial charge in [0.1, 0.15) is 0 Å². The second-order valence-electron chi connectivity index (χ2n) is 2.23. The van der Waals surface area contributed by atoms with Crippen molar-refractivity contribution in [3.8, 4) is 0 Å². The van der Waals surface area contributed by atoms with E-state index in [4.69, 9.17) is 5.73 Å². The van der Waals surface area contributed by atoms with Crippen molar-refractivity contribution in [2.75, 3.05) is 13.1 Å². The van der Waals surface area contributed by atoms with Crippen LogP contribution in [0.5, 0.6) is 0 Å². The third kappa shape index (κ3) is 14.1. The van der Waals surface area contributed by atoms with Gasteiger partial charge in [0.05, 0.1) is 0 Å². The predicted molar refractivity (Wildman–Crippen MR) is 41.2 cm³/mol. The molecule has 0 heterocycles. The van der Waals surface area contributed by atoms with Crippen LogP contribution in [-0.2, 0) is 4.79 Å². The van der Waals surface area contributed by atoms with Crippen LogP contribution in [0.2, 0.25) is 0 Å². The van der Waals surface area contributed by atoms with Gasteiger partial charge in [-0.25, -0.2) is 0 Å². The van der Waals surface area contributed by atoms with Crippen molar-refractivity contribution >= 4 is 6.41 Å². The van der Waals surface area contributed by atoms with Crippen molar-refractivity contribution in [3.05, 3.63) is 0 Å². The number of nitrogens with two attached hydrogens (primary N) is 1. The molecule has 0 aromatic heterocycles. The molecule has 0 aliphatic rings. The first-order valence-corrected chi connectivity index (χ1v) is 3.72. The first-order chi connectivity index (χ1) is 4.91. The molecule has 1 amide bonds. The van der Waals surface area contributed by atoms with Crippen molar-refractivity contribution in [3.63, 3.8) is 0 Å². The molecule has 0 aliphatic heterocycles. The number of hydrogen-bond acceptors (Lipinski definition) is 2. The molecule has 0 spiro atoms. The predicted octanol–water partition coefficient (Wildman–Crippen LogP) is -2.83. The van der Waals surface area contributed by atoms with Crippen molar-refractivity contribution in [1.29, 1.82) is 0 Å². The van der Waals surface area contributed by atoms with Crippen LogP contribution in [0, 0.1) is 0 Å². The van der Waals surface area contributed by atoms with Crippen molar-refractivity contribution in [2.45, 2.75) is 25.7 Å². The minimum absolute atomic E-state index is 0. The molecule has 0 aliphatic carbocycles. The number of nitrogens with one attached hydrogen (secondary N) is 1. The summed E-state index contributed by atoms with van der Waals surface area (Å²) >= 11 is 0. The van der Waals surface area contributed by atoms with Crippen molar-refractivity contribution < 1.29 is 63.0 Å². The van der Waals surface area contributed by atoms with Crippen LogP contribution in [0.25, 0.3) is 0 Å². The minimum Gasteiger partial charge on any atom is -0.530 e. The van der Waals surface area contributed by atoms with E-state index < -0.39 is 0 Å². The zero-order valence-corrected chi connectivity index (χ0v) is 12.1. The van der Waals surface area contributed by atoms with Gasteiger partial charge < -0.3 is 15.8 Å². The molecule has 0 radical (unpaired) electrons. The van der Waals surface area contributed by atoms with Crippen LogP contribution in [0.4, 0.5) is 0 Å². The molecule has 0 fully saturated rings. The normalized spacial score (nSPS) is 8.45. The molecule has 3 nitrogen and oxygen atoms in total. The van der Waals surface area contributed by atoms with Crippen molar-refractivity contribution in [2.24, 2.45) is 5.73 Å². The van der Waals surface area contributed by atoms with E-state index in [2.05, 4.69) is 5.32 Å². The minimum atomic E-state index is 0. The summed E-state index contributed by atoms with van der Waals surface area (Å²) < 4.78 is 0. The molecule has 0 saturated heterocycles. The van der Waals surface area contributed by atoms with E-state index in [-0.39, 0.29) is 58.2 Å². The maximum absolute atomic E-state index is 9.64. The fraction of sp³-hybridized carbons (Fsp3) is 0.857. The topological polar surface area (TPSA) is 55.1 Å². The van der Waals surface area contributed by atoms with Crippen LogP contribution in [0.1, 0.15) is 25.7 Å². The maximum Gasteiger partial charge on any atom is 1.00 e. The Morgan fingerprint density at radius 3 is 2.36 bits per heavy atom. The van der Waals surface area contributed by atoms with Gasteiger partial charge in [-0.15, -0.1) is 0 Å². The number of amides is 1. The first kappa shape index (κ1) is 14.7. The Bertz CT molecular complexity index is 80.8. The fourth-order valence-corrected chi connectivity index (χ4v) is 0.762. The zero-order valence-electron chi connectivity index (χ0n) is 7.23. The first-order valence-electron chi connectivity index (χ1n) is 3.72. The Labute approximate surface area is 117 Å². The third-order valence-electron chi connectivity index (χ3n) is 1.33. The fourth-order valence-electron chi connectivity index (χ4n) is 0.762. The molecule has 11 heavy (non-hydrogen) atoms. The largest absolute Gasteiger partial charge is 1.00 e. The summed E-state index contributed by atoms with van der Waals surface area (Å²) in [6.07, 6.45) is 6.07. The third-order valence-corrected chi connectivity index (χ3v) is 1.33. The summed E-state index contributed by atoms with van der Waals surface area (Å²) in [5.41, 5.74) is 5.29. The summed E-state index contributed by atoms with van der Waals surface area (Å²) in [7, 11) is 0.